The first-order valence-corrected chi connectivity index (χ1v) is 19.2. The predicted octanol–water partition coefficient (Wildman–Crippen LogP) is 5.91. The summed E-state index contributed by atoms with van der Waals surface area (Å²) in [4.78, 5) is 89.8. The van der Waals surface area contributed by atoms with Crippen LogP contribution in [0, 0.1) is 34.5 Å². The summed E-state index contributed by atoms with van der Waals surface area (Å²) in [6.07, 6.45) is 1.92. The van der Waals surface area contributed by atoms with Gasteiger partial charge in [-0.2, -0.15) is 0 Å². The molecule has 0 bridgehead atoms. The Morgan fingerprint density at radius 1 is 0.778 bits per heavy atom. The van der Waals surface area contributed by atoms with Gasteiger partial charge in [-0.1, -0.05) is 20.8 Å². The van der Waals surface area contributed by atoms with Crippen molar-refractivity contribution >= 4 is 41.6 Å². The first-order chi connectivity index (χ1) is 24.9. The molecule has 0 aliphatic heterocycles. The van der Waals surface area contributed by atoms with Gasteiger partial charge in [-0.15, -0.1) is 0 Å². The Morgan fingerprint density at radius 3 is 1.89 bits per heavy atom. The van der Waals surface area contributed by atoms with Gasteiger partial charge in [-0.05, 0) is 95.1 Å². The lowest BCUT2D eigenvalue weighted by molar-refractivity contribution is -0.219. The molecular weight excluding hydrogens is 700 g/mol. The van der Waals surface area contributed by atoms with E-state index in [4.69, 9.17) is 28.4 Å². The highest BCUT2D eigenvalue weighted by molar-refractivity contribution is 5.95. The van der Waals surface area contributed by atoms with Gasteiger partial charge in [-0.25, -0.2) is 0 Å². The number of carbonyl (C=O) groups excluding carboxylic acids is 7. The van der Waals surface area contributed by atoms with Crippen molar-refractivity contribution in [3.8, 4) is 0 Å². The van der Waals surface area contributed by atoms with Gasteiger partial charge in [0.25, 0.3) is 0 Å². The van der Waals surface area contributed by atoms with Crippen molar-refractivity contribution in [3.05, 3.63) is 11.6 Å². The monoisotopic (exact) mass is 760 g/mol. The van der Waals surface area contributed by atoms with E-state index in [1.54, 1.807) is 26.8 Å². The minimum Gasteiger partial charge on any atom is -0.460 e. The minimum absolute atomic E-state index is 0.171. The highest BCUT2D eigenvalue weighted by atomic mass is 16.6. The maximum Gasteiger partial charge on any atom is 0.303 e. The van der Waals surface area contributed by atoms with E-state index in [1.165, 1.54) is 41.5 Å². The molecular formula is C41H60O13. The van der Waals surface area contributed by atoms with Crippen molar-refractivity contribution in [2.24, 2.45) is 34.5 Å². The average molecular weight is 761 g/mol. The Bertz CT molecular complexity index is 1580. The molecule has 0 unspecified atom stereocenters. The summed E-state index contributed by atoms with van der Waals surface area (Å²) in [5.74, 6) is -5.11. The zero-order valence-corrected chi connectivity index (χ0v) is 34.1. The summed E-state index contributed by atoms with van der Waals surface area (Å²) in [6, 6.07) is 0. The van der Waals surface area contributed by atoms with Crippen LogP contribution in [0.5, 0.6) is 0 Å². The number of carbonyl (C=O) groups is 7. The molecule has 0 saturated heterocycles. The van der Waals surface area contributed by atoms with Crippen molar-refractivity contribution in [2.75, 3.05) is 0 Å². The molecule has 0 aromatic rings. The molecule has 13 nitrogen and oxygen atoms in total. The third kappa shape index (κ3) is 7.83. The molecule has 0 aromatic heterocycles. The van der Waals surface area contributed by atoms with Gasteiger partial charge in [0.2, 0.25) is 0 Å². The topological polar surface area (TPSA) is 175 Å². The van der Waals surface area contributed by atoms with Crippen LogP contribution in [0.15, 0.2) is 11.6 Å². The number of ether oxygens (including phenoxy) is 6. The van der Waals surface area contributed by atoms with Crippen molar-refractivity contribution in [1.82, 2.24) is 0 Å². The number of fused-ring (bicyclic) bond motifs is 5. The standard InChI is InChI=1S/C41H60O13/c1-13-28(37(8,9)52-25(5)45)18-36(51-24(4)44)40(12,53-26(6)46)35-15-17-41(54-27(7)47)30-19-32(48)31-20-33(49-22(2)42)34(50-23(3)43)21-38(31,10)29(30)14-16-39(35,41)11/h19,28-29,31,33-36H,13-18,20-21H2,1-12H3/t28-,29+,31+,33-,34+,35+,36-,38-,39-,40-,41-/m1/s1. The predicted molar refractivity (Wildman–Crippen MR) is 193 cm³/mol. The number of ketones is 1. The summed E-state index contributed by atoms with van der Waals surface area (Å²) in [5.41, 5.74) is -4.71. The van der Waals surface area contributed by atoms with E-state index in [9.17, 15) is 33.6 Å². The number of hydrogen-bond donors (Lipinski definition) is 0. The molecule has 11 atom stereocenters. The maximum atomic E-state index is 14.3. The third-order valence-electron chi connectivity index (χ3n) is 13.4. The van der Waals surface area contributed by atoms with Crippen molar-refractivity contribution in [3.63, 3.8) is 0 Å². The van der Waals surface area contributed by atoms with Crippen molar-refractivity contribution < 1.29 is 62.0 Å². The van der Waals surface area contributed by atoms with Crippen LogP contribution < -0.4 is 0 Å². The van der Waals surface area contributed by atoms with Gasteiger partial charge in [0, 0.05) is 64.7 Å². The summed E-state index contributed by atoms with van der Waals surface area (Å²) < 4.78 is 35.9. The summed E-state index contributed by atoms with van der Waals surface area (Å²) in [5, 5.41) is 0. The Labute approximate surface area is 318 Å². The summed E-state index contributed by atoms with van der Waals surface area (Å²) in [7, 11) is 0. The molecule has 0 heterocycles. The Kier molecular flexibility index (Phi) is 12.3. The Balaban J connectivity index is 1.87. The zero-order valence-electron chi connectivity index (χ0n) is 34.1. The lowest BCUT2D eigenvalue weighted by atomic mass is 9.45. The van der Waals surface area contributed by atoms with Crippen LogP contribution >= 0.6 is 0 Å². The number of hydrogen-bond acceptors (Lipinski definition) is 13. The van der Waals surface area contributed by atoms with E-state index in [0.717, 1.165) is 0 Å². The molecule has 13 heteroatoms. The Hall–Kier alpha value is -3.77. The van der Waals surface area contributed by atoms with E-state index in [0.29, 0.717) is 37.7 Å². The van der Waals surface area contributed by atoms with Gasteiger partial charge < -0.3 is 28.4 Å². The summed E-state index contributed by atoms with van der Waals surface area (Å²) >= 11 is 0. The van der Waals surface area contributed by atoms with Crippen LogP contribution in [-0.2, 0) is 62.0 Å². The third-order valence-corrected chi connectivity index (χ3v) is 13.4. The Morgan fingerprint density at radius 2 is 1.37 bits per heavy atom. The quantitative estimate of drug-likeness (QED) is 0.170. The average Bonchev–Trinajstić information content (AvgIpc) is 3.31. The van der Waals surface area contributed by atoms with Crippen LogP contribution in [0.4, 0.5) is 0 Å². The first kappa shape index (κ1) is 43.0. The number of esters is 6. The highest BCUT2D eigenvalue weighted by Gasteiger charge is 2.73. The van der Waals surface area contributed by atoms with Crippen LogP contribution in [0.2, 0.25) is 0 Å². The van der Waals surface area contributed by atoms with Crippen LogP contribution in [0.1, 0.15) is 134 Å². The molecule has 0 amide bonds. The normalized spacial score (nSPS) is 33.9. The van der Waals surface area contributed by atoms with Gasteiger partial charge in [-0.3, -0.25) is 33.6 Å². The zero-order chi connectivity index (χ0) is 40.8. The number of allylic oxidation sites excluding steroid dienone is 1. The fraction of sp³-hybridized carbons (Fsp3) is 0.780. The van der Waals surface area contributed by atoms with E-state index in [1.807, 2.05) is 20.8 Å². The van der Waals surface area contributed by atoms with Gasteiger partial charge in [0.15, 0.2) is 5.78 Å². The molecule has 4 aliphatic carbocycles. The van der Waals surface area contributed by atoms with Crippen LogP contribution in [-0.4, -0.2) is 76.7 Å². The first-order valence-electron chi connectivity index (χ1n) is 19.2. The molecule has 0 aromatic carbocycles. The van der Waals surface area contributed by atoms with Gasteiger partial charge in [0.05, 0.1) is 0 Å². The molecule has 4 aliphatic rings. The fourth-order valence-electron chi connectivity index (χ4n) is 11.3. The van der Waals surface area contributed by atoms with Crippen LogP contribution in [0.3, 0.4) is 0 Å². The van der Waals surface area contributed by atoms with E-state index < -0.39 is 93.6 Å². The molecule has 3 saturated carbocycles. The highest BCUT2D eigenvalue weighted by Crippen LogP contribution is 2.70. The smallest absolute Gasteiger partial charge is 0.303 e. The fourth-order valence-corrected chi connectivity index (χ4v) is 11.3. The molecule has 54 heavy (non-hydrogen) atoms. The molecule has 4 rings (SSSR count). The molecule has 3 fully saturated rings. The second-order valence-electron chi connectivity index (χ2n) is 17.2. The SMILES string of the molecule is CC[C@H](C[C@@H](OC(C)=O)[C@](C)(OC(C)=O)[C@H]1CC[C@@]2(OC(C)=O)C3=CC(=O)[C@@H]4C[C@@H](OC(C)=O)[C@@H](OC(C)=O)C[C@]4(C)[C@H]3CC[C@]12C)C(C)(C)OC(C)=O. The lowest BCUT2D eigenvalue weighted by Crippen LogP contribution is -2.65. The second-order valence-corrected chi connectivity index (χ2v) is 17.2. The lowest BCUT2D eigenvalue weighted by Gasteiger charge is -2.61. The van der Waals surface area contributed by atoms with E-state index in [-0.39, 0.29) is 36.9 Å². The molecule has 302 valence electrons. The van der Waals surface area contributed by atoms with E-state index >= 15 is 0 Å². The van der Waals surface area contributed by atoms with Crippen molar-refractivity contribution in [2.45, 2.75) is 170 Å². The van der Waals surface area contributed by atoms with Gasteiger partial charge in [0.1, 0.15) is 35.1 Å². The molecule has 0 radical (unpaired) electrons. The van der Waals surface area contributed by atoms with Crippen molar-refractivity contribution in [1.29, 1.82) is 0 Å². The summed E-state index contributed by atoms with van der Waals surface area (Å²) in [6.45, 7) is 19.1. The van der Waals surface area contributed by atoms with E-state index in [2.05, 4.69) is 0 Å². The van der Waals surface area contributed by atoms with Gasteiger partial charge >= 0.3 is 35.8 Å². The minimum atomic E-state index is -1.45. The molecule has 0 spiro atoms. The largest absolute Gasteiger partial charge is 0.460 e. The maximum absolute atomic E-state index is 14.3. The second kappa shape index (κ2) is 15.4. The van der Waals surface area contributed by atoms with Crippen LogP contribution in [0.25, 0.3) is 0 Å². The number of rotatable bonds is 12. The molecule has 0 N–H and O–H groups in total.